The minimum atomic E-state index is -0.834. The van der Waals surface area contributed by atoms with Crippen LogP contribution in [-0.2, 0) is 9.53 Å². The molecule has 132 valence electrons. The van der Waals surface area contributed by atoms with Gasteiger partial charge in [-0.15, -0.1) is 11.3 Å². The Hall–Kier alpha value is -3.40. The van der Waals surface area contributed by atoms with E-state index in [4.69, 9.17) is 4.74 Å². The van der Waals surface area contributed by atoms with Crippen LogP contribution in [0, 0.1) is 0 Å². The van der Waals surface area contributed by atoms with Crippen molar-refractivity contribution in [3.8, 4) is 10.7 Å². The van der Waals surface area contributed by atoms with Gasteiger partial charge in [-0.25, -0.2) is 24.5 Å². The van der Waals surface area contributed by atoms with E-state index in [1.165, 1.54) is 30.8 Å². The summed E-state index contributed by atoms with van der Waals surface area (Å²) in [5.41, 5.74) is 0.993. The molecule has 0 aliphatic carbocycles. The number of carbonyl (C=O) groups excluding carboxylic acids is 3. The van der Waals surface area contributed by atoms with Crippen LogP contribution < -0.4 is 10.6 Å². The highest BCUT2D eigenvalue weighted by atomic mass is 32.1. The number of nitrogens with one attached hydrogen (secondary N) is 2. The van der Waals surface area contributed by atoms with Crippen molar-refractivity contribution in [1.82, 2.24) is 25.6 Å². The molecule has 3 amide bonds. The lowest BCUT2D eigenvalue weighted by Crippen LogP contribution is -2.39. The number of thiazole rings is 1. The Labute approximate surface area is 151 Å². The molecule has 0 atom stereocenters. The molecule has 2 N–H and O–H groups in total. The number of ether oxygens (including phenoxy) is 1. The van der Waals surface area contributed by atoms with Gasteiger partial charge in [0.2, 0.25) is 0 Å². The molecule has 10 heteroatoms. The average Bonchev–Trinajstić information content (AvgIpc) is 3.10. The maximum absolute atomic E-state index is 12.3. The van der Waals surface area contributed by atoms with Gasteiger partial charge in [0.05, 0.1) is 10.2 Å². The van der Waals surface area contributed by atoms with E-state index in [9.17, 15) is 14.4 Å². The Kier molecular flexibility index (Phi) is 5.13. The van der Waals surface area contributed by atoms with Gasteiger partial charge < -0.3 is 10.1 Å². The van der Waals surface area contributed by atoms with Crippen molar-refractivity contribution in [3.05, 3.63) is 42.4 Å². The molecule has 0 saturated carbocycles. The van der Waals surface area contributed by atoms with Gasteiger partial charge in [-0.05, 0) is 12.1 Å². The number of amides is 3. The van der Waals surface area contributed by atoms with Gasteiger partial charge >= 0.3 is 12.0 Å². The first-order valence-corrected chi connectivity index (χ1v) is 8.25. The molecule has 3 rings (SSSR count). The fourth-order valence-electron chi connectivity index (χ4n) is 2.04. The minimum Gasteiger partial charge on any atom is -0.451 e. The van der Waals surface area contributed by atoms with Gasteiger partial charge in [0.15, 0.2) is 12.3 Å². The second-order valence-electron chi connectivity index (χ2n) is 4.94. The first kappa shape index (κ1) is 17.4. The van der Waals surface area contributed by atoms with E-state index in [1.54, 1.807) is 0 Å². The van der Waals surface area contributed by atoms with Crippen molar-refractivity contribution in [2.45, 2.75) is 0 Å². The van der Waals surface area contributed by atoms with E-state index in [-0.39, 0.29) is 11.4 Å². The van der Waals surface area contributed by atoms with Gasteiger partial charge in [-0.2, -0.15) is 0 Å². The summed E-state index contributed by atoms with van der Waals surface area (Å²) in [4.78, 5) is 47.5. The molecule has 1 aromatic carbocycles. The summed E-state index contributed by atoms with van der Waals surface area (Å²) >= 11 is 1.36. The van der Waals surface area contributed by atoms with Crippen LogP contribution in [-0.4, -0.2) is 46.5 Å². The zero-order valence-electron chi connectivity index (χ0n) is 13.6. The molecule has 0 aliphatic heterocycles. The number of nitrogens with zero attached hydrogens (tertiary/aromatic N) is 3. The Morgan fingerprint density at radius 3 is 2.69 bits per heavy atom. The second-order valence-corrected chi connectivity index (χ2v) is 5.97. The highest BCUT2D eigenvalue weighted by Crippen LogP contribution is 2.30. The first-order chi connectivity index (χ1) is 12.6. The first-order valence-electron chi connectivity index (χ1n) is 7.44. The van der Waals surface area contributed by atoms with E-state index < -0.39 is 24.5 Å². The lowest BCUT2D eigenvalue weighted by Gasteiger charge is -2.06. The van der Waals surface area contributed by atoms with Gasteiger partial charge in [0.1, 0.15) is 10.7 Å². The van der Waals surface area contributed by atoms with Crippen LogP contribution in [0.15, 0.2) is 36.7 Å². The predicted octanol–water partition coefficient (Wildman–Crippen LogP) is 1.37. The smallest absolute Gasteiger partial charge is 0.359 e. The number of carbonyl (C=O) groups is 3. The summed E-state index contributed by atoms with van der Waals surface area (Å²) in [5.74, 6) is -1.59. The van der Waals surface area contributed by atoms with Crippen LogP contribution in [0.5, 0.6) is 0 Å². The third-order valence-electron chi connectivity index (χ3n) is 3.20. The topological polar surface area (TPSA) is 123 Å². The van der Waals surface area contributed by atoms with E-state index in [0.717, 1.165) is 10.2 Å². The van der Waals surface area contributed by atoms with Gasteiger partial charge in [-0.3, -0.25) is 10.1 Å². The lowest BCUT2D eigenvalue weighted by atomic mass is 10.3. The number of hydrogen-bond donors (Lipinski definition) is 2. The summed E-state index contributed by atoms with van der Waals surface area (Å²) in [5, 5.41) is 4.72. The molecule has 26 heavy (non-hydrogen) atoms. The molecular weight excluding hydrogens is 358 g/mol. The van der Waals surface area contributed by atoms with Crippen molar-refractivity contribution in [1.29, 1.82) is 0 Å². The largest absolute Gasteiger partial charge is 0.451 e. The summed E-state index contributed by atoms with van der Waals surface area (Å²) in [6.45, 7) is -0.623. The van der Waals surface area contributed by atoms with E-state index in [0.29, 0.717) is 5.01 Å². The molecule has 0 fully saturated rings. The molecule has 0 unspecified atom stereocenters. The summed E-state index contributed by atoms with van der Waals surface area (Å²) < 4.78 is 5.86. The summed E-state index contributed by atoms with van der Waals surface area (Å²) in [6, 6.07) is 6.82. The Morgan fingerprint density at radius 2 is 1.92 bits per heavy atom. The van der Waals surface area contributed by atoms with E-state index in [1.807, 2.05) is 29.6 Å². The molecular formula is C16H13N5O4S. The van der Waals surface area contributed by atoms with Crippen molar-refractivity contribution < 1.29 is 19.1 Å². The maximum atomic E-state index is 12.3. The highest BCUT2D eigenvalue weighted by Gasteiger charge is 2.21. The summed E-state index contributed by atoms with van der Waals surface area (Å²) in [7, 11) is 1.36. The molecule has 9 nitrogen and oxygen atoms in total. The number of para-hydroxylation sites is 1. The Balaban J connectivity index is 1.79. The van der Waals surface area contributed by atoms with Crippen LogP contribution in [0.1, 0.15) is 10.5 Å². The molecule has 2 aromatic heterocycles. The molecule has 0 saturated heterocycles. The zero-order chi connectivity index (χ0) is 18.5. The van der Waals surface area contributed by atoms with Crippen LogP contribution in [0.25, 0.3) is 20.9 Å². The van der Waals surface area contributed by atoms with E-state index in [2.05, 4.69) is 20.3 Å². The standard InChI is InChI=1S/C16H13N5O4S/c1-17-16(24)21-11(22)8-25-15(23)13-12(18-6-7-19-13)14-20-9-4-2-3-5-10(9)26-14/h2-7H,8H2,1H3,(H2,17,21,22,24). The van der Waals surface area contributed by atoms with Gasteiger partial charge in [-0.1, -0.05) is 12.1 Å². The lowest BCUT2D eigenvalue weighted by molar-refractivity contribution is -0.123. The number of benzene rings is 1. The van der Waals surface area contributed by atoms with Crippen molar-refractivity contribution >= 4 is 39.5 Å². The third-order valence-corrected chi connectivity index (χ3v) is 4.25. The fraction of sp³-hybridized carbons (Fsp3) is 0.125. The molecule has 0 bridgehead atoms. The molecule has 0 spiro atoms. The quantitative estimate of drug-likeness (QED) is 0.664. The number of urea groups is 1. The van der Waals surface area contributed by atoms with Gasteiger partial charge in [0, 0.05) is 19.4 Å². The zero-order valence-corrected chi connectivity index (χ0v) is 14.4. The van der Waals surface area contributed by atoms with Crippen LogP contribution >= 0.6 is 11.3 Å². The van der Waals surface area contributed by atoms with Crippen LogP contribution in [0.4, 0.5) is 4.79 Å². The monoisotopic (exact) mass is 371 g/mol. The molecule has 0 aliphatic rings. The third kappa shape index (κ3) is 3.81. The van der Waals surface area contributed by atoms with Crippen molar-refractivity contribution in [2.24, 2.45) is 0 Å². The number of hydrogen-bond acceptors (Lipinski definition) is 8. The Bertz CT molecular complexity index is 954. The molecule has 2 heterocycles. The molecule has 3 aromatic rings. The number of aromatic nitrogens is 3. The van der Waals surface area contributed by atoms with Crippen LogP contribution in [0.2, 0.25) is 0 Å². The number of rotatable bonds is 4. The average molecular weight is 371 g/mol. The number of esters is 1. The van der Waals surface area contributed by atoms with E-state index >= 15 is 0 Å². The minimum absolute atomic E-state index is 0.0562. The van der Waals surface area contributed by atoms with Crippen LogP contribution in [0.3, 0.4) is 0 Å². The second kappa shape index (κ2) is 7.66. The van der Waals surface area contributed by atoms with Crippen molar-refractivity contribution in [2.75, 3.05) is 13.7 Å². The maximum Gasteiger partial charge on any atom is 0.359 e. The number of fused-ring (bicyclic) bond motifs is 1. The number of imide groups is 1. The highest BCUT2D eigenvalue weighted by molar-refractivity contribution is 7.21. The van der Waals surface area contributed by atoms with Gasteiger partial charge in [0.25, 0.3) is 5.91 Å². The predicted molar refractivity (Wildman–Crippen MR) is 93.5 cm³/mol. The summed E-state index contributed by atoms with van der Waals surface area (Å²) in [6.07, 6.45) is 2.79. The Morgan fingerprint density at radius 1 is 1.15 bits per heavy atom. The SMILES string of the molecule is CNC(=O)NC(=O)COC(=O)c1nccnc1-c1nc2ccccc2s1. The fourth-order valence-corrected chi connectivity index (χ4v) is 3.01. The normalized spacial score (nSPS) is 10.3. The van der Waals surface area contributed by atoms with Crippen molar-refractivity contribution in [3.63, 3.8) is 0 Å². The molecule has 0 radical (unpaired) electrons.